The molecule has 0 aromatic heterocycles. The lowest BCUT2D eigenvalue weighted by atomic mass is 9.78. The number of carbonyl (C=O) groups excluding carboxylic acids is 1. The van der Waals surface area contributed by atoms with E-state index in [9.17, 15) is 4.79 Å². The Labute approximate surface area is 170 Å². The highest BCUT2D eigenvalue weighted by Gasteiger charge is 2.41. The molecule has 2 saturated heterocycles. The van der Waals surface area contributed by atoms with Crippen molar-refractivity contribution in [2.24, 2.45) is 0 Å². The number of ether oxygens (including phenoxy) is 1. The Morgan fingerprint density at radius 2 is 1.78 bits per heavy atom. The molecule has 5 heteroatoms. The van der Waals surface area contributed by atoms with E-state index < -0.39 is 0 Å². The van der Waals surface area contributed by atoms with Gasteiger partial charge in [-0.05, 0) is 54.7 Å². The Bertz CT molecular complexity index is 802. The molecule has 0 saturated carbocycles. The standard InChI is InChI=1S/C22H23Cl2NO2/c23-17-8-6-15(7-9-17)22-20(16-3-1-4-18(24)13-16)10-11-21(26)25(22)19-5-2-12-27-14-19/h1,3-4,6-9,13,19-20,22H,2,5,10-12,14H2. The van der Waals surface area contributed by atoms with E-state index in [1.165, 1.54) is 5.56 Å². The maximum atomic E-state index is 13.0. The van der Waals surface area contributed by atoms with Gasteiger partial charge in [0.2, 0.25) is 5.91 Å². The number of benzene rings is 2. The van der Waals surface area contributed by atoms with E-state index in [2.05, 4.69) is 11.0 Å². The van der Waals surface area contributed by atoms with Gasteiger partial charge in [0.15, 0.2) is 0 Å². The molecule has 2 fully saturated rings. The molecule has 27 heavy (non-hydrogen) atoms. The second kappa shape index (κ2) is 8.22. The Kier molecular flexibility index (Phi) is 5.72. The van der Waals surface area contributed by atoms with Gasteiger partial charge >= 0.3 is 0 Å². The first-order chi connectivity index (χ1) is 13.1. The maximum absolute atomic E-state index is 13.0. The zero-order valence-electron chi connectivity index (χ0n) is 15.1. The Hall–Kier alpha value is -1.55. The minimum Gasteiger partial charge on any atom is -0.379 e. The first kappa shape index (κ1) is 18.8. The molecule has 0 bridgehead atoms. The van der Waals surface area contributed by atoms with Gasteiger partial charge in [0.25, 0.3) is 0 Å². The number of piperidine rings is 1. The van der Waals surface area contributed by atoms with E-state index in [1.807, 2.05) is 42.5 Å². The summed E-state index contributed by atoms with van der Waals surface area (Å²) < 4.78 is 5.71. The topological polar surface area (TPSA) is 29.5 Å². The zero-order valence-corrected chi connectivity index (χ0v) is 16.6. The summed E-state index contributed by atoms with van der Waals surface area (Å²) in [6.45, 7) is 1.39. The van der Waals surface area contributed by atoms with Crippen molar-refractivity contribution in [3.05, 3.63) is 69.7 Å². The molecule has 0 spiro atoms. The second-order valence-corrected chi connectivity index (χ2v) is 8.24. The van der Waals surface area contributed by atoms with E-state index in [1.54, 1.807) is 0 Å². The van der Waals surface area contributed by atoms with Crippen LogP contribution in [-0.2, 0) is 9.53 Å². The van der Waals surface area contributed by atoms with E-state index in [4.69, 9.17) is 27.9 Å². The molecule has 3 nitrogen and oxygen atoms in total. The van der Waals surface area contributed by atoms with Gasteiger partial charge in [-0.2, -0.15) is 0 Å². The number of amides is 1. The third-order valence-corrected chi connectivity index (χ3v) is 6.14. The van der Waals surface area contributed by atoms with Crippen LogP contribution in [0, 0.1) is 0 Å². The van der Waals surface area contributed by atoms with Crippen LogP contribution in [0.25, 0.3) is 0 Å². The van der Waals surface area contributed by atoms with Crippen molar-refractivity contribution in [3.63, 3.8) is 0 Å². The van der Waals surface area contributed by atoms with Gasteiger partial charge in [0, 0.05) is 29.0 Å². The van der Waals surface area contributed by atoms with Gasteiger partial charge in [-0.1, -0.05) is 47.5 Å². The summed E-state index contributed by atoms with van der Waals surface area (Å²) in [7, 11) is 0. The smallest absolute Gasteiger partial charge is 0.223 e. The van der Waals surface area contributed by atoms with Crippen molar-refractivity contribution in [2.75, 3.05) is 13.2 Å². The molecule has 3 unspecified atom stereocenters. The van der Waals surface area contributed by atoms with Crippen LogP contribution in [-0.4, -0.2) is 30.1 Å². The van der Waals surface area contributed by atoms with Crippen molar-refractivity contribution >= 4 is 29.1 Å². The lowest BCUT2D eigenvalue weighted by molar-refractivity contribution is -0.144. The van der Waals surface area contributed by atoms with Crippen LogP contribution in [0.3, 0.4) is 0 Å². The van der Waals surface area contributed by atoms with Gasteiger partial charge in [-0.3, -0.25) is 4.79 Å². The number of carbonyl (C=O) groups is 1. The second-order valence-electron chi connectivity index (χ2n) is 7.37. The summed E-state index contributed by atoms with van der Waals surface area (Å²) in [4.78, 5) is 15.1. The fraction of sp³-hybridized carbons (Fsp3) is 0.409. The molecule has 142 valence electrons. The van der Waals surface area contributed by atoms with Gasteiger partial charge in [0.05, 0.1) is 18.7 Å². The van der Waals surface area contributed by atoms with Gasteiger partial charge in [0.1, 0.15) is 0 Å². The summed E-state index contributed by atoms with van der Waals surface area (Å²) in [5, 5.41) is 1.43. The molecule has 1 amide bonds. The number of hydrogen-bond donors (Lipinski definition) is 0. The maximum Gasteiger partial charge on any atom is 0.223 e. The minimum atomic E-state index is -0.0336. The monoisotopic (exact) mass is 403 g/mol. The zero-order chi connectivity index (χ0) is 18.8. The summed E-state index contributed by atoms with van der Waals surface area (Å²) in [6, 6.07) is 16.0. The molecule has 2 aliphatic rings. The summed E-state index contributed by atoms with van der Waals surface area (Å²) >= 11 is 12.4. The summed E-state index contributed by atoms with van der Waals surface area (Å²) in [5.74, 6) is 0.410. The molecule has 0 radical (unpaired) electrons. The fourth-order valence-electron chi connectivity index (χ4n) is 4.43. The van der Waals surface area contributed by atoms with Gasteiger partial charge in [-0.15, -0.1) is 0 Å². The van der Waals surface area contributed by atoms with Crippen LogP contribution in [0.1, 0.15) is 48.8 Å². The number of hydrogen-bond acceptors (Lipinski definition) is 2. The molecule has 2 aromatic rings. The van der Waals surface area contributed by atoms with Crippen molar-refractivity contribution < 1.29 is 9.53 Å². The van der Waals surface area contributed by atoms with Crippen LogP contribution in [0.5, 0.6) is 0 Å². The average Bonchev–Trinajstić information content (AvgIpc) is 2.69. The van der Waals surface area contributed by atoms with Crippen molar-refractivity contribution in [2.45, 2.75) is 43.7 Å². The number of halogens is 2. The molecule has 0 N–H and O–H groups in total. The fourth-order valence-corrected chi connectivity index (χ4v) is 4.75. The summed E-state index contributed by atoms with van der Waals surface area (Å²) in [6.07, 6.45) is 3.34. The van der Waals surface area contributed by atoms with Crippen LogP contribution in [0.15, 0.2) is 48.5 Å². The normalized spacial score (nSPS) is 26.2. The highest BCUT2D eigenvalue weighted by molar-refractivity contribution is 6.30. The third-order valence-electron chi connectivity index (χ3n) is 5.66. The lowest BCUT2D eigenvalue weighted by Gasteiger charge is -2.46. The van der Waals surface area contributed by atoms with Crippen LogP contribution in [0.4, 0.5) is 0 Å². The van der Waals surface area contributed by atoms with Crippen molar-refractivity contribution in [3.8, 4) is 0 Å². The largest absolute Gasteiger partial charge is 0.379 e. The highest BCUT2D eigenvalue weighted by Crippen LogP contribution is 2.45. The molecule has 2 aliphatic heterocycles. The average molecular weight is 404 g/mol. The Balaban J connectivity index is 1.77. The molecular weight excluding hydrogens is 381 g/mol. The number of likely N-dealkylation sites (tertiary alicyclic amines) is 1. The van der Waals surface area contributed by atoms with E-state index in [-0.39, 0.29) is 23.9 Å². The number of nitrogens with zero attached hydrogens (tertiary/aromatic N) is 1. The van der Waals surface area contributed by atoms with Crippen molar-refractivity contribution in [1.29, 1.82) is 0 Å². The quantitative estimate of drug-likeness (QED) is 0.665. The van der Waals surface area contributed by atoms with Crippen LogP contribution >= 0.6 is 23.2 Å². The first-order valence-electron chi connectivity index (χ1n) is 9.53. The Morgan fingerprint density at radius 1 is 0.963 bits per heavy atom. The lowest BCUT2D eigenvalue weighted by Crippen LogP contribution is -2.50. The minimum absolute atomic E-state index is 0.0336. The van der Waals surface area contributed by atoms with E-state index >= 15 is 0 Å². The van der Waals surface area contributed by atoms with Crippen LogP contribution < -0.4 is 0 Å². The highest BCUT2D eigenvalue weighted by atomic mass is 35.5. The van der Waals surface area contributed by atoms with E-state index in [0.717, 1.165) is 36.5 Å². The van der Waals surface area contributed by atoms with Crippen molar-refractivity contribution in [1.82, 2.24) is 4.90 Å². The van der Waals surface area contributed by atoms with Crippen LogP contribution in [0.2, 0.25) is 10.0 Å². The predicted octanol–water partition coefficient (Wildman–Crippen LogP) is 5.62. The molecule has 2 aromatic carbocycles. The molecule has 0 aliphatic carbocycles. The predicted molar refractivity (Wildman–Crippen MR) is 108 cm³/mol. The SMILES string of the molecule is O=C1CCC(c2cccc(Cl)c2)C(c2ccc(Cl)cc2)N1C1CCCOC1. The summed E-state index contributed by atoms with van der Waals surface area (Å²) in [5.41, 5.74) is 2.29. The molecule has 3 atom stereocenters. The molecule has 2 heterocycles. The number of rotatable bonds is 3. The van der Waals surface area contributed by atoms with E-state index in [0.29, 0.717) is 18.1 Å². The Morgan fingerprint density at radius 3 is 2.48 bits per heavy atom. The third kappa shape index (κ3) is 4.01. The molecular formula is C22H23Cl2NO2. The first-order valence-corrected chi connectivity index (χ1v) is 10.3. The molecule has 4 rings (SSSR count). The van der Waals surface area contributed by atoms with Gasteiger partial charge < -0.3 is 9.64 Å². The van der Waals surface area contributed by atoms with Gasteiger partial charge in [-0.25, -0.2) is 0 Å².